The molecule has 7 nitrogen and oxygen atoms in total. The lowest BCUT2D eigenvalue weighted by Crippen LogP contribution is -2.42. The average Bonchev–Trinajstić information content (AvgIpc) is 2.92. The molecule has 140 valence electrons. The topological polar surface area (TPSA) is 69.5 Å². The van der Waals surface area contributed by atoms with Gasteiger partial charge in [0.1, 0.15) is 18.2 Å². The van der Waals surface area contributed by atoms with Gasteiger partial charge in [0.05, 0.1) is 0 Å². The standard InChI is InChI=1S/C19H26N4O3/c1-4-25-12-18-21-20-17-11-15(3)22(9-10-23(17)18)19(24)13-26-16-8-6-5-7-14(16)2/h5-8,15H,4,9-13H2,1-3H3/t15-/m1/s1. The molecular weight excluding hydrogens is 332 g/mol. The maximum Gasteiger partial charge on any atom is 0.260 e. The van der Waals surface area contributed by atoms with Crippen LogP contribution in [-0.2, 0) is 29.1 Å². The number of aromatic nitrogens is 3. The first-order valence-electron chi connectivity index (χ1n) is 9.06. The minimum atomic E-state index is -0.00850. The van der Waals surface area contributed by atoms with Gasteiger partial charge in [0.25, 0.3) is 5.91 Å². The first kappa shape index (κ1) is 18.4. The predicted molar refractivity (Wildman–Crippen MR) is 96.9 cm³/mol. The highest BCUT2D eigenvalue weighted by Crippen LogP contribution is 2.18. The Kier molecular flexibility index (Phi) is 5.88. The van der Waals surface area contributed by atoms with Gasteiger partial charge in [-0.2, -0.15) is 0 Å². The highest BCUT2D eigenvalue weighted by molar-refractivity contribution is 5.78. The molecule has 0 bridgehead atoms. The lowest BCUT2D eigenvalue weighted by atomic mass is 10.2. The van der Waals surface area contributed by atoms with Crippen molar-refractivity contribution in [3.8, 4) is 5.75 Å². The van der Waals surface area contributed by atoms with E-state index in [0.29, 0.717) is 32.7 Å². The van der Waals surface area contributed by atoms with Crippen molar-refractivity contribution in [2.24, 2.45) is 0 Å². The number of hydrogen-bond acceptors (Lipinski definition) is 5. The SMILES string of the molecule is CCOCc1nnc2n1CCN(C(=O)COc1ccccc1C)[C@H](C)C2. The normalized spacial score (nSPS) is 16.9. The molecule has 1 atom stereocenters. The maximum absolute atomic E-state index is 12.7. The lowest BCUT2D eigenvalue weighted by Gasteiger charge is -2.26. The van der Waals surface area contributed by atoms with E-state index >= 15 is 0 Å². The largest absolute Gasteiger partial charge is 0.484 e. The van der Waals surface area contributed by atoms with Crippen LogP contribution in [-0.4, -0.2) is 51.4 Å². The average molecular weight is 358 g/mol. The van der Waals surface area contributed by atoms with Crippen molar-refractivity contribution in [2.75, 3.05) is 19.8 Å². The smallest absolute Gasteiger partial charge is 0.260 e. The number of rotatable bonds is 6. The quantitative estimate of drug-likeness (QED) is 0.790. The molecule has 7 heteroatoms. The molecule has 1 aromatic carbocycles. The summed E-state index contributed by atoms with van der Waals surface area (Å²) in [6, 6.07) is 7.77. The third-order valence-electron chi connectivity index (χ3n) is 4.68. The van der Waals surface area contributed by atoms with Gasteiger partial charge in [-0.3, -0.25) is 4.79 Å². The Morgan fingerprint density at radius 3 is 2.85 bits per heavy atom. The van der Waals surface area contributed by atoms with Crippen LogP contribution < -0.4 is 4.74 Å². The van der Waals surface area contributed by atoms with Crippen LogP contribution in [0.3, 0.4) is 0 Å². The lowest BCUT2D eigenvalue weighted by molar-refractivity contribution is -0.135. The van der Waals surface area contributed by atoms with Gasteiger partial charge < -0.3 is 18.9 Å². The highest BCUT2D eigenvalue weighted by Gasteiger charge is 2.27. The molecule has 0 unspecified atom stereocenters. The van der Waals surface area contributed by atoms with Crippen LogP contribution in [0.2, 0.25) is 0 Å². The van der Waals surface area contributed by atoms with E-state index < -0.39 is 0 Å². The highest BCUT2D eigenvalue weighted by atomic mass is 16.5. The molecule has 0 radical (unpaired) electrons. The van der Waals surface area contributed by atoms with Crippen LogP contribution >= 0.6 is 0 Å². The van der Waals surface area contributed by atoms with E-state index in [9.17, 15) is 4.79 Å². The molecule has 2 aromatic rings. The summed E-state index contributed by atoms with van der Waals surface area (Å²) in [4.78, 5) is 14.6. The zero-order valence-electron chi connectivity index (χ0n) is 15.6. The monoisotopic (exact) mass is 358 g/mol. The Morgan fingerprint density at radius 1 is 1.27 bits per heavy atom. The predicted octanol–water partition coefficient (Wildman–Crippen LogP) is 1.98. The number of fused-ring (bicyclic) bond motifs is 1. The van der Waals surface area contributed by atoms with Gasteiger partial charge in [-0.05, 0) is 32.4 Å². The molecule has 2 heterocycles. The zero-order valence-corrected chi connectivity index (χ0v) is 15.6. The zero-order chi connectivity index (χ0) is 18.5. The van der Waals surface area contributed by atoms with E-state index in [0.717, 1.165) is 23.0 Å². The molecule has 0 saturated heterocycles. The summed E-state index contributed by atoms with van der Waals surface area (Å²) in [7, 11) is 0. The van der Waals surface area contributed by atoms with Crippen molar-refractivity contribution < 1.29 is 14.3 Å². The number of aryl methyl sites for hydroxylation is 1. The molecular formula is C19H26N4O3. The van der Waals surface area contributed by atoms with Crippen LogP contribution in [0.1, 0.15) is 31.1 Å². The molecule has 0 N–H and O–H groups in total. The summed E-state index contributed by atoms with van der Waals surface area (Å²) in [5.74, 6) is 2.46. The second-order valence-electron chi connectivity index (χ2n) is 6.52. The van der Waals surface area contributed by atoms with Gasteiger partial charge >= 0.3 is 0 Å². The number of amides is 1. The van der Waals surface area contributed by atoms with Gasteiger partial charge in [0.15, 0.2) is 12.4 Å². The Labute approximate surface area is 153 Å². The molecule has 1 amide bonds. The summed E-state index contributed by atoms with van der Waals surface area (Å²) in [6.07, 6.45) is 0.676. The van der Waals surface area contributed by atoms with Crippen molar-refractivity contribution in [3.05, 3.63) is 41.5 Å². The Morgan fingerprint density at radius 2 is 2.08 bits per heavy atom. The summed E-state index contributed by atoms with van der Waals surface area (Å²) in [5.41, 5.74) is 1.02. The van der Waals surface area contributed by atoms with Crippen molar-refractivity contribution in [3.63, 3.8) is 0 Å². The molecule has 3 rings (SSSR count). The van der Waals surface area contributed by atoms with Crippen LogP contribution in [0.5, 0.6) is 5.75 Å². The summed E-state index contributed by atoms with van der Waals surface area (Å²) >= 11 is 0. The second kappa shape index (κ2) is 8.31. The van der Waals surface area contributed by atoms with Crippen molar-refractivity contribution in [1.29, 1.82) is 0 Å². The van der Waals surface area contributed by atoms with Gasteiger partial charge in [-0.1, -0.05) is 18.2 Å². The minimum absolute atomic E-state index is 0.00850. The van der Waals surface area contributed by atoms with E-state index in [-0.39, 0.29) is 18.6 Å². The third kappa shape index (κ3) is 4.04. The van der Waals surface area contributed by atoms with Crippen molar-refractivity contribution in [2.45, 2.75) is 46.4 Å². The number of carbonyl (C=O) groups is 1. The van der Waals surface area contributed by atoms with E-state index in [2.05, 4.69) is 14.8 Å². The van der Waals surface area contributed by atoms with Gasteiger partial charge in [-0.25, -0.2) is 0 Å². The van der Waals surface area contributed by atoms with Crippen LogP contribution in [0.4, 0.5) is 0 Å². The fraction of sp³-hybridized carbons (Fsp3) is 0.526. The maximum atomic E-state index is 12.7. The van der Waals surface area contributed by atoms with Crippen LogP contribution in [0.25, 0.3) is 0 Å². The fourth-order valence-electron chi connectivity index (χ4n) is 3.20. The Bertz CT molecular complexity index is 759. The van der Waals surface area contributed by atoms with E-state index in [1.807, 2.05) is 49.9 Å². The first-order valence-corrected chi connectivity index (χ1v) is 9.06. The van der Waals surface area contributed by atoms with Crippen molar-refractivity contribution >= 4 is 5.91 Å². The van der Waals surface area contributed by atoms with Gasteiger partial charge in [0, 0.05) is 32.2 Å². The second-order valence-corrected chi connectivity index (χ2v) is 6.52. The molecule has 0 saturated carbocycles. The first-order chi connectivity index (χ1) is 12.6. The van der Waals surface area contributed by atoms with Crippen molar-refractivity contribution in [1.82, 2.24) is 19.7 Å². The molecule has 0 aliphatic carbocycles. The Hall–Kier alpha value is -2.41. The number of nitrogens with zero attached hydrogens (tertiary/aromatic N) is 4. The fourth-order valence-corrected chi connectivity index (χ4v) is 3.20. The summed E-state index contributed by atoms with van der Waals surface area (Å²) in [5, 5.41) is 8.51. The van der Waals surface area contributed by atoms with Gasteiger partial charge in [-0.15, -0.1) is 10.2 Å². The van der Waals surface area contributed by atoms with Crippen LogP contribution in [0.15, 0.2) is 24.3 Å². The molecule has 26 heavy (non-hydrogen) atoms. The van der Waals surface area contributed by atoms with Gasteiger partial charge in [0.2, 0.25) is 0 Å². The molecule has 1 aromatic heterocycles. The molecule has 0 fully saturated rings. The summed E-state index contributed by atoms with van der Waals surface area (Å²) < 4.78 is 13.3. The number of para-hydroxylation sites is 1. The number of ether oxygens (including phenoxy) is 2. The van der Waals surface area contributed by atoms with E-state index in [4.69, 9.17) is 9.47 Å². The summed E-state index contributed by atoms with van der Waals surface area (Å²) in [6.45, 7) is 8.38. The number of benzene rings is 1. The molecule has 0 spiro atoms. The Balaban J connectivity index is 1.63. The van der Waals surface area contributed by atoms with E-state index in [1.54, 1.807) is 0 Å². The van der Waals surface area contributed by atoms with Crippen LogP contribution in [0, 0.1) is 6.92 Å². The number of carbonyl (C=O) groups excluding carboxylic acids is 1. The number of hydrogen-bond donors (Lipinski definition) is 0. The minimum Gasteiger partial charge on any atom is -0.484 e. The van der Waals surface area contributed by atoms with E-state index in [1.165, 1.54) is 0 Å². The molecule has 1 aliphatic rings. The molecule has 1 aliphatic heterocycles. The third-order valence-corrected chi connectivity index (χ3v) is 4.68.